The largest absolute Gasteiger partial charge is 0.348 e. The van der Waals surface area contributed by atoms with Crippen LogP contribution in [0.3, 0.4) is 0 Å². The number of halogens is 1. The van der Waals surface area contributed by atoms with Crippen LogP contribution in [-0.2, 0) is 15.5 Å². The molecule has 1 rings (SSSR count). The second kappa shape index (κ2) is 5.05. The molecular formula is C9H14ClN3O3S. The van der Waals surface area contributed by atoms with Crippen LogP contribution < -0.4 is 5.32 Å². The predicted molar refractivity (Wildman–Crippen MR) is 63.6 cm³/mol. The molecule has 6 nitrogen and oxygen atoms in total. The van der Waals surface area contributed by atoms with Crippen molar-refractivity contribution in [2.45, 2.75) is 38.1 Å². The summed E-state index contributed by atoms with van der Waals surface area (Å²) in [6.07, 6.45) is 0.392. The lowest BCUT2D eigenvalue weighted by Crippen LogP contribution is -2.31. The van der Waals surface area contributed by atoms with E-state index in [0.717, 1.165) is 0 Å². The first-order chi connectivity index (χ1) is 7.77. The average molecular weight is 280 g/mol. The summed E-state index contributed by atoms with van der Waals surface area (Å²) in [4.78, 5) is 11.5. The number of carbonyl (C=O) groups excluding carboxylic acids is 1. The highest BCUT2D eigenvalue weighted by atomic mass is 35.7. The monoisotopic (exact) mass is 279 g/mol. The van der Waals surface area contributed by atoms with Gasteiger partial charge in [0.1, 0.15) is 4.90 Å². The summed E-state index contributed by atoms with van der Waals surface area (Å²) < 4.78 is 22.8. The van der Waals surface area contributed by atoms with E-state index >= 15 is 0 Å². The molecule has 0 fully saturated rings. The van der Waals surface area contributed by atoms with Gasteiger partial charge in [-0.25, -0.2) is 8.42 Å². The maximum atomic E-state index is 11.7. The number of amides is 1. The molecule has 96 valence electrons. The van der Waals surface area contributed by atoms with Gasteiger partial charge < -0.3 is 5.32 Å². The summed E-state index contributed by atoms with van der Waals surface area (Å²) in [6.45, 7) is 5.27. The molecule has 0 aliphatic rings. The number of hydrogen-bond acceptors (Lipinski definition) is 4. The van der Waals surface area contributed by atoms with Crippen LogP contribution in [0.5, 0.6) is 0 Å². The Balaban J connectivity index is 3.27. The van der Waals surface area contributed by atoms with Crippen LogP contribution in [0.4, 0.5) is 0 Å². The fourth-order valence-electron chi connectivity index (χ4n) is 1.35. The van der Waals surface area contributed by atoms with E-state index in [-0.39, 0.29) is 16.6 Å². The molecule has 0 unspecified atom stereocenters. The minimum Gasteiger partial charge on any atom is -0.348 e. The minimum atomic E-state index is -4.00. The van der Waals surface area contributed by atoms with E-state index < -0.39 is 15.0 Å². The molecule has 1 aromatic rings. The third-order valence-electron chi connectivity index (χ3n) is 2.02. The zero-order chi connectivity index (χ0) is 13.2. The number of aromatic amines is 1. The number of nitrogens with one attached hydrogen (secondary N) is 2. The molecule has 0 bridgehead atoms. The van der Waals surface area contributed by atoms with E-state index in [1.54, 1.807) is 20.8 Å². The number of hydrogen-bond donors (Lipinski definition) is 2. The Morgan fingerprint density at radius 3 is 2.53 bits per heavy atom. The Kier molecular flexibility index (Phi) is 4.16. The second-order valence-electron chi connectivity index (χ2n) is 3.80. The van der Waals surface area contributed by atoms with Gasteiger partial charge in [0.2, 0.25) is 0 Å². The molecule has 0 atom stereocenters. The van der Waals surface area contributed by atoms with Gasteiger partial charge in [0, 0.05) is 16.7 Å². The molecule has 1 aromatic heterocycles. The molecule has 2 N–H and O–H groups in total. The van der Waals surface area contributed by atoms with Crippen LogP contribution >= 0.6 is 10.7 Å². The first kappa shape index (κ1) is 14.0. The van der Waals surface area contributed by atoms with Gasteiger partial charge >= 0.3 is 0 Å². The zero-order valence-corrected chi connectivity index (χ0v) is 11.3. The quantitative estimate of drug-likeness (QED) is 0.806. The molecular weight excluding hydrogens is 266 g/mol. The number of H-pyrrole nitrogens is 1. The van der Waals surface area contributed by atoms with E-state index in [2.05, 4.69) is 15.5 Å². The maximum Gasteiger partial charge on any atom is 0.273 e. The van der Waals surface area contributed by atoms with Crippen molar-refractivity contribution in [1.29, 1.82) is 0 Å². The van der Waals surface area contributed by atoms with Gasteiger partial charge in [-0.05, 0) is 20.3 Å². The summed E-state index contributed by atoms with van der Waals surface area (Å²) in [5.74, 6) is -0.560. The molecule has 8 heteroatoms. The molecule has 0 aliphatic heterocycles. The summed E-state index contributed by atoms with van der Waals surface area (Å²) >= 11 is 0. The summed E-state index contributed by atoms with van der Waals surface area (Å²) in [7, 11) is 1.31. The first-order valence-electron chi connectivity index (χ1n) is 5.10. The van der Waals surface area contributed by atoms with Crippen molar-refractivity contribution in [2.75, 3.05) is 0 Å². The van der Waals surface area contributed by atoms with Crippen LogP contribution in [0.2, 0.25) is 0 Å². The van der Waals surface area contributed by atoms with Gasteiger partial charge in [-0.15, -0.1) is 0 Å². The minimum absolute atomic E-state index is 0.116. The highest BCUT2D eigenvalue weighted by Crippen LogP contribution is 2.22. The Morgan fingerprint density at radius 1 is 1.53 bits per heavy atom. The van der Waals surface area contributed by atoms with Crippen molar-refractivity contribution in [1.82, 2.24) is 15.5 Å². The second-order valence-corrected chi connectivity index (χ2v) is 6.30. The Morgan fingerprint density at radius 2 is 2.12 bits per heavy atom. The molecule has 0 saturated carbocycles. The van der Waals surface area contributed by atoms with E-state index in [1.165, 1.54) is 0 Å². The number of rotatable bonds is 4. The van der Waals surface area contributed by atoms with Crippen molar-refractivity contribution in [3.63, 3.8) is 0 Å². The molecule has 0 aliphatic carbocycles. The molecule has 0 radical (unpaired) electrons. The summed E-state index contributed by atoms with van der Waals surface area (Å²) in [5.41, 5.74) is 0.138. The number of carbonyl (C=O) groups is 1. The van der Waals surface area contributed by atoms with E-state index in [0.29, 0.717) is 12.1 Å². The van der Waals surface area contributed by atoms with Crippen molar-refractivity contribution in [2.24, 2.45) is 0 Å². The number of aromatic nitrogens is 2. The smallest absolute Gasteiger partial charge is 0.273 e. The summed E-state index contributed by atoms with van der Waals surface area (Å²) in [6, 6.07) is -0.116. The zero-order valence-electron chi connectivity index (χ0n) is 9.74. The Bertz CT molecular complexity index is 522. The highest BCUT2D eigenvalue weighted by molar-refractivity contribution is 8.13. The Labute approximate surface area is 104 Å². The maximum absolute atomic E-state index is 11.7. The molecule has 0 aromatic carbocycles. The normalized spacial score (nSPS) is 11.8. The fraction of sp³-hybridized carbons (Fsp3) is 0.556. The highest BCUT2D eigenvalue weighted by Gasteiger charge is 2.27. The van der Waals surface area contributed by atoms with Crippen LogP contribution in [0, 0.1) is 0 Å². The van der Waals surface area contributed by atoms with Crippen LogP contribution in [0.1, 0.15) is 37.0 Å². The van der Waals surface area contributed by atoms with Gasteiger partial charge in [-0.2, -0.15) is 5.10 Å². The van der Waals surface area contributed by atoms with Gasteiger partial charge in [-0.1, -0.05) is 6.92 Å². The van der Waals surface area contributed by atoms with E-state index in [1.807, 2.05) is 0 Å². The van der Waals surface area contributed by atoms with Crippen molar-refractivity contribution >= 4 is 25.6 Å². The fourth-order valence-corrected chi connectivity index (χ4v) is 2.71. The molecule has 17 heavy (non-hydrogen) atoms. The van der Waals surface area contributed by atoms with Gasteiger partial charge in [0.05, 0.1) is 5.69 Å². The summed E-state index contributed by atoms with van der Waals surface area (Å²) in [5, 5.41) is 8.78. The van der Waals surface area contributed by atoms with Crippen molar-refractivity contribution < 1.29 is 13.2 Å². The lowest BCUT2D eigenvalue weighted by Gasteiger charge is -2.07. The lowest BCUT2D eigenvalue weighted by molar-refractivity contribution is 0.0934. The van der Waals surface area contributed by atoms with Crippen LogP contribution in [0.25, 0.3) is 0 Å². The SMILES string of the molecule is CCc1[nH]nc(C(=O)NC(C)C)c1S(=O)(=O)Cl. The first-order valence-corrected chi connectivity index (χ1v) is 7.41. The predicted octanol–water partition coefficient (Wildman–Crippen LogP) is 1.04. The third kappa shape index (κ3) is 3.19. The van der Waals surface area contributed by atoms with Gasteiger partial charge in [-0.3, -0.25) is 9.89 Å². The van der Waals surface area contributed by atoms with Gasteiger partial charge in [0.15, 0.2) is 5.69 Å². The third-order valence-corrected chi connectivity index (χ3v) is 3.41. The standard InChI is InChI=1S/C9H14ClN3O3S/c1-4-6-8(17(10,15)16)7(13-12-6)9(14)11-5(2)3/h5H,4H2,1-3H3,(H,11,14)(H,12,13). The van der Waals surface area contributed by atoms with Crippen molar-refractivity contribution in [3.8, 4) is 0 Å². The molecule has 0 saturated heterocycles. The van der Waals surface area contributed by atoms with Gasteiger partial charge in [0.25, 0.3) is 15.0 Å². The van der Waals surface area contributed by atoms with E-state index in [4.69, 9.17) is 10.7 Å². The molecule has 1 amide bonds. The van der Waals surface area contributed by atoms with Crippen molar-refractivity contribution in [3.05, 3.63) is 11.4 Å². The Hall–Kier alpha value is -1.08. The number of nitrogens with zero attached hydrogens (tertiary/aromatic N) is 1. The van der Waals surface area contributed by atoms with E-state index in [9.17, 15) is 13.2 Å². The molecule has 1 heterocycles. The molecule has 0 spiro atoms. The number of aryl methyl sites for hydroxylation is 1. The van der Waals surface area contributed by atoms with Crippen LogP contribution in [-0.4, -0.2) is 30.6 Å². The van der Waals surface area contributed by atoms with Crippen LogP contribution in [0.15, 0.2) is 4.90 Å². The lowest BCUT2D eigenvalue weighted by atomic mass is 10.3. The topological polar surface area (TPSA) is 91.9 Å². The average Bonchev–Trinajstić information content (AvgIpc) is 2.58.